The third-order valence-electron chi connectivity index (χ3n) is 2.08. The second-order valence-electron chi connectivity index (χ2n) is 2.62. The SMILES string of the molecule is O=C1C2CCCN1C2. The van der Waals surface area contributed by atoms with E-state index in [2.05, 4.69) is 0 Å². The van der Waals surface area contributed by atoms with Gasteiger partial charge in [-0.25, -0.2) is 0 Å². The first-order valence-electron chi connectivity index (χ1n) is 3.17. The van der Waals surface area contributed by atoms with Crippen molar-refractivity contribution in [2.24, 2.45) is 5.92 Å². The normalized spacial score (nSPS) is 34.8. The van der Waals surface area contributed by atoms with E-state index in [1.807, 2.05) is 4.90 Å². The zero-order valence-electron chi connectivity index (χ0n) is 4.76. The molecule has 0 radical (unpaired) electrons. The second-order valence-corrected chi connectivity index (χ2v) is 2.62. The van der Waals surface area contributed by atoms with Crippen LogP contribution in [0.5, 0.6) is 0 Å². The zero-order valence-corrected chi connectivity index (χ0v) is 4.76. The summed E-state index contributed by atoms with van der Waals surface area (Å²) < 4.78 is 0. The van der Waals surface area contributed by atoms with Crippen LogP contribution in [0.4, 0.5) is 0 Å². The number of rotatable bonds is 0. The van der Waals surface area contributed by atoms with E-state index < -0.39 is 0 Å². The Morgan fingerprint density at radius 1 is 1.62 bits per heavy atom. The molecule has 2 nitrogen and oxygen atoms in total. The summed E-state index contributed by atoms with van der Waals surface area (Å²) in [5, 5.41) is 0. The highest BCUT2D eigenvalue weighted by Gasteiger charge is 2.39. The minimum absolute atomic E-state index is 0.399. The molecule has 1 amide bonds. The first-order valence-corrected chi connectivity index (χ1v) is 3.17. The number of nitrogens with zero attached hydrogens (tertiary/aromatic N) is 1. The predicted octanol–water partition coefficient (Wildman–Crippen LogP) is 0.239. The third kappa shape index (κ3) is 0.358. The lowest BCUT2D eigenvalue weighted by Crippen LogP contribution is -2.56. The van der Waals surface area contributed by atoms with Gasteiger partial charge in [0.15, 0.2) is 0 Å². The molecule has 0 aromatic carbocycles. The molecule has 3 fully saturated rings. The van der Waals surface area contributed by atoms with Gasteiger partial charge in [-0.3, -0.25) is 4.79 Å². The summed E-state index contributed by atoms with van der Waals surface area (Å²) in [5.41, 5.74) is 0. The molecule has 3 aliphatic heterocycles. The van der Waals surface area contributed by atoms with Crippen LogP contribution in [0.2, 0.25) is 0 Å². The fourth-order valence-electron chi connectivity index (χ4n) is 1.52. The molecule has 2 heteroatoms. The Morgan fingerprint density at radius 3 is 2.75 bits per heavy atom. The van der Waals surface area contributed by atoms with Gasteiger partial charge in [0.25, 0.3) is 0 Å². The van der Waals surface area contributed by atoms with Crippen LogP contribution in [-0.4, -0.2) is 23.9 Å². The summed E-state index contributed by atoms with van der Waals surface area (Å²) in [4.78, 5) is 12.7. The lowest BCUT2D eigenvalue weighted by molar-refractivity contribution is -0.152. The van der Waals surface area contributed by atoms with Gasteiger partial charge >= 0.3 is 0 Å². The highest BCUT2D eigenvalue weighted by atomic mass is 16.2. The summed E-state index contributed by atoms with van der Waals surface area (Å²) in [7, 11) is 0. The Labute approximate surface area is 48.5 Å². The van der Waals surface area contributed by atoms with Crippen LogP contribution in [0.25, 0.3) is 0 Å². The molecule has 3 rings (SSSR count). The van der Waals surface area contributed by atoms with Crippen LogP contribution in [0.1, 0.15) is 12.8 Å². The van der Waals surface area contributed by atoms with Crippen LogP contribution in [0, 0.1) is 5.92 Å². The smallest absolute Gasteiger partial charge is 0.227 e. The summed E-state index contributed by atoms with van der Waals surface area (Å²) in [5.74, 6) is 0.833. The van der Waals surface area contributed by atoms with Crippen molar-refractivity contribution in [2.45, 2.75) is 12.8 Å². The van der Waals surface area contributed by atoms with E-state index in [1.165, 1.54) is 6.42 Å². The summed E-state index contributed by atoms with van der Waals surface area (Å²) in [6, 6.07) is 0. The van der Waals surface area contributed by atoms with E-state index in [4.69, 9.17) is 0 Å². The molecule has 0 spiro atoms. The van der Waals surface area contributed by atoms with Crippen LogP contribution >= 0.6 is 0 Å². The average molecular weight is 111 g/mol. The van der Waals surface area contributed by atoms with Gasteiger partial charge < -0.3 is 4.90 Å². The second kappa shape index (κ2) is 1.24. The molecular formula is C6H9NO. The number of carbonyl (C=O) groups excluding carboxylic acids is 1. The molecule has 1 atom stereocenters. The molecule has 3 aliphatic rings. The van der Waals surface area contributed by atoms with Gasteiger partial charge in [0.2, 0.25) is 5.91 Å². The molecule has 3 saturated heterocycles. The Kier molecular flexibility index (Phi) is 0.678. The van der Waals surface area contributed by atoms with Crippen LogP contribution < -0.4 is 0 Å². The molecule has 0 aliphatic carbocycles. The van der Waals surface area contributed by atoms with E-state index in [9.17, 15) is 4.79 Å². The van der Waals surface area contributed by atoms with Gasteiger partial charge in [-0.2, -0.15) is 0 Å². The minimum Gasteiger partial charge on any atom is -0.342 e. The Morgan fingerprint density at radius 2 is 2.50 bits per heavy atom. The van der Waals surface area contributed by atoms with E-state index in [0.29, 0.717) is 11.8 Å². The largest absolute Gasteiger partial charge is 0.342 e. The van der Waals surface area contributed by atoms with E-state index in [0.717, 1.165) is 19.5 Å². The molecule has 44 valence electrons. The molecular weight excluding hydrogens is 102 g/mol. The average Bonchev–Trinajstić information content (AvgIpc) is 1.89. The quantitative estimate of drug-likeness (QED) is 0.410. The summed E-state index contributed by atoms with van der Waals surface area (Å²) in [6.45, 7) is 2.08. The summed E-state index contributed by atoms with van der Waals surface area (Å²) >= 11 is 0. The topological polar surface area (TPSA) is 20.3 Å². The zero-order chi connectivity index (χ0) is 5.56. The third-order valence-corrected chi connectivity index (χ3v) is 2.08. The van der Waals surface area contributed by atoms with Crippen LogP contribution in [0.3, 0.4) is 0 Å². The molecule has 0 aromatic rings. The highest BCUT2D eigenvalue weighted by molar-refractivity contribution is 5.85. The first kappa shape index (κ1) is 4.36. The van der Waals surface area contributed by atoms with Gasteiger partial charge in [0, 0.05) is 13.1 Å². The molecule has 0 N–H and O–H groups in total. The first-order chi connectivity index (χ1) is 3.88. The van der Waals surface area contributed by atoms with Crippen molar-refractivity contribution in [2.75, 3.05) is 13.1 Å². The monoisotopic (exact) mass is 111 g/mol. The number of hydrogen-bond acceptors (Lipinski definition) is 1. The van der Waals surface area contributed by atoms with Gasteiger partial charge in [-0.15, -0.1) is 0 Å². The Hall–Kier alpha value is -0.530. The van der Waals surface area contributed by atoms with Gasteiger partial charge in [0.1, 0.15) is 0 Å². The molecule has 0 aromatic heterocycles. The van der Waals surface area contributed by atoms with Crippen molar-refractivity contribution in [1.82, 2.24) is 4.90 Å². The Bertz CT molecular complexity index is 116. The molecule has 3 heterocycles. The van der Waals surface area contributed by atoms with Crippen LogP contribution in [-0.2, 0) is 4.79 Å². The van der Waals surface area contributed by atoms with Crippen molar-refractivity contribution in [3.05, 3.63) is 0 Å². The van der Waals surface area contributed by atoms with Crippen LogP contribution in [0.15, 0.2) is 0 Å². The van der Waals surface area contributed by atoms with Gasteiger partial charge in [0.05, 0.1) is 5.92 Å². The maximum absolute atomic E-state index is 10.8. The van der Waals surface area contributed by atoms with Crippen molar-refractivity contribution in [3.8, 4) is 0 Å². The van der Waals surface area contributed by atoms with E-state index in [-0.39, 0.29) is 0 Å². The predicted molar refractivity (Wildman–Crippen MR) is 29.3 cm³/mol. The number of piperidine rings is 2. The fraction of sp³-hybridized carbons (Fsp3) is 0.833. The summed E-state index contributed by atoms with van der Waals surface area (Å²) in [6.07, 6.45) is 2.38. The number of carbonyl (C=O) groups is 1. The van der Waals surface area contributed by atoms with Crippen molar-refractivity contribution in [3.63, 3.8) is 0 Å². The highest BCUT2D eigenvalue weighted by Crippen LogP contribution is 2.27. The number of fused-ring (bicyclic) bond motifs is 2. The standard InChI is InChI=1S/C6H9NO/c8-6-5-2-1-3-7(6)4-5/h5H,1-4H2. The molecule has 0 saturated carbocycles. The van der Waals surface area contributed by atoms with Crippen molar-refractivity contribution in [1.29, 1.82) is 0 Å². The fourth-order valence-corrected chi connectivity index (χ4v) is 1.52. The maximum Gasteiger partial charge on any atom is 0.227 e. The number of hydrogen-bond donors (Lipinski definition) is 0. The van der Waals surface area contributed by atoms with Crippen molar-refractivity contribution < 1.29 is 4.79 Å². The lowest BCUT2D eigenvalue weighted by Gasteiger charge is -2.43. The maximum atomic E-state index is 10.8. The van der Waals surface area contributed by atoms with E-state index in [1.54, 1.807) is 0 Å². The number of amides is 1. The Balaban J connectivity index is 2.13. The minimum atomic E-state index is 0.399. The lowest BCUT2D eigenvalue weighted by atomic mass is 9.88. The van der Waals surface area contributed by atoms with E-state index >= 15 is 0 Å². The van der Waals surface area contributed by atoms with Gasteiger partial charge in [-0.05, 0) is 12.8 Å². The molecule has 8 heavy (non-hydrogen) atoms. The van der Waals surface area contributed by atoms with Gasteiger partial charge in [-0.1, -0.05) is 0 Å². The van der Waals surface area contributed by atoms with Crippen molar-refractivity contribution >= 4 is 5.91 Å². The molecule has 2 bridgehead atoms. The number of β-lactam (4-membered cyclic amide) rings is 1. The molecule has 1 unspecified atom stereocenters.